The second-order valence-corrected chi connectivity index (χ2v) is 4.16. The molecule has 3 nitrogen and oxygen atoms in total. The van der Waals surface area contributed by atoms with Crippen molar-refractivity contribution in [2.45, 2.75) is 12.8 Å². The molecule has 1 unspecified atom stereocenters. The number of nitrogens with two attached hydrogens (primary N) is 1. The van der Waals surface area contributed by atoms with Crippen LogP contribution in [0, 0.1) is 0 Å². The molecule has 1 aromatic rings. The number of carbonyl (C=O) groups excluding carboxylic acids is 1. The van der Waals surface area contributed by atoms with Crippen LogP contribution in [-0.4, -0.2) is 11.0 Å². The molecule has 3 N–H and O–H groups in total. The van der Waals surface area contributed by atoms with Gasteiger partial charge < -0.3 is 10.8 Å². The van der Waals surface area contributed by atoms with Crippen molar-refractivity contribution in [2.75, 3.05) is 0 Å². The summed E-state index contributed by atoms with van der Waals surface area (Å²) in [6.45, 7) is 1.61. The fourth-order valence-corrected chi connectivity index (χ4v) is 1.55. The van der Waals surface area contributed by atoms with Gasteiger partial charge >= 0.3 is 0 Å². The highest BCUT2D eigenvalue weighted by molar-refractivity contribution is 9.10. The molecule has 0 aliphatic heterocycles. The molecule has 0 bridgehead atoms. The lowest BCUT2D eigenvalue weighted by atomic mass is 10.00. The van der Waals surface area contributed by atoms with Gasteiger partial charge in [-0.25, -0.2) is 0 Å². The van der Waals surface area contributed by atoms with Gasteiger partial charge in [-0.3, -0.25) is 4.79 Å². The lowest BCUT2D eigenvalue weighted by molar-refractivity contribution is -0.119. The number of amides is 1. The molecule has 0 spiro atoms. The zero-order chi connectivity index (χ0) is 10.9. The van der Waals surface area contributed by atoms with Gasteiger partial charge in [-0.15, -0.1) is 0 Å². The second-order valence-electron chi connectivity index (χ2n) is 2.92. The van der Waals surface area contributed by atoms with Crippen molar-refractivity contribution in [3.8, 4) is 5.75 Å². The fraction of sp³-hybridized carbons (Fsp3) is 0.222. The summed E-state index contributed by atoms with van der Waals surface area (Å²) in [7, 11) is 0. The highest BCUT2D eigenvalue weighted by Crippen LogP contribution is 2.37. The summed E-state index contributed by atoms with van der Waals surface area (Å²) in [6, 6.07) is 3.28. The van der Waals surface area contributed by atoms with Crippen molar-refractivity contribution in [2.24, 2.45) is 5.73 Å². The third kappa shape index (κ3) is 2.01. The van der Waals surface area contributed by atoms with Crippen LogP contribution in [0.4, 0.5) is 0 Å². The Morgan fingerprint density at radius 1 is 1.64 bits per heavy atom. The van der Waals surface area contributed by atoms with Crippen molar-refractivity contribution < 1.29 is 9.90 Å². The van der Waals surface area contributed by atoms with E-state index in [1.807, 2.05) is 0 Å². The van der Waals surface area contributed by atoms with E-state index in [0.29, 0.717) is 10.0 Å². The third-order valence-electron chi connectivity index (χ3n) is 1.99. The Morgan fingerprint density at radius 3 is 2.71 bits per heavy atom. The number of primary amides is 1. The number of rotatable bonds is 2. The van der Waals surface area contributed by atoms with Crippen LogP contribution in [0.1, 0.15) is 18.4 Å². The topological polar surface area (TPSA) is 63.3 Å². The predicted molar refractivity (Wildman–Crippen MR) is 58.4 cm³/mol. The molecule has 76 valence electrons. The Morgan fingerprint density at radius 2 is 2.21 bits per heavy atom. The molecule has 14 heavy (non-hydrogen) atoms. The van der Waals surface area contributed by atoms with Crippen LogP contribution in [0.15, 0.2) is 16.6 Å². The largest absolute Gasteiger partial charge is 0.506 e. The highest BCUT2D eigenvalue weighted by atomic mass is 79.9. The van der Waals surface area contributed by atoms with Crippen LogP contribution in [0.2, 0.25) is 5.02 Å². The van der Waals surface area contributed by atoms with E-state index in [1.165, 1.54) is 0 Å². The summed E-state index contributed by atoms with van der Waals surface area (Å²) in [5.74, 6) is -1.16. The van der Waals surface area contributed by atoms with Crippen molar-refractivity contribution in [3.05, 3.63) is 27.2 Å². The van der Waals surface area contributed by atoms with Gasteiger partial charge in [0.2, 0.25) is 5.91 Å². The number of halogens is 2. The van der Waals surface area contributed by atoms with Gasteiger partial charge in [0.1, 0.15) is 5.75 Å². The first-order chi connectivity index (χ1) is 6.45. The van der Waals surface area contributed by atoms with Crippen LogP contribution in [0.5, 0.6) is 5.75 Å². The molecule has 0 aromatic heterocycles. The van der Waals surface area contributed by atoms with Crippen LogP contribution < -0.4 is 5.73 Å². The van der Waals surface area contributed by atoms with Crippen molar-refractivity contribution in [3.63, 3.8) is 0 Å². The van der Waals surface area contributed by atoms with Crippen LogP contribution in [0.25, 0.3) is 0 Å². The van der Waals surface area contributed by atoms with E-state index < -0.39 is 11.8 Å². The fourth-order valence-electron chi connectivity index (χ4n) is 1.06. The molecular weight excluding hydrogens is 269 g/mol. The molecule has 0 aliphatic rings. The van der Waals surface area contributed by atoms with E-state index in [1.54, 1.807) is 19.1 Å². The lowest BCUT2D eigenvalue weighted by Gasteiger charge is -2.11. The van der Waals surface area contributed by atoms with E-state index in [-0.39, 0.29) is 10.8 Å². The molecule has 0 saturated carbocycles. The van der Waals surface area contributed by atoms with Gasteiger partial charge in [-0.05, 0) is 28.9 Å². The number of hydrogen-bond donors (Lipinski definition) is 2. The maximum atomic E-state index is 10.9. The average molecular weight is 279 g/mol. The Bertz CT molecular complexity index is 381. The number of phenolic OH excluding ortho intramolecular Hbond substituents is 1. The first-order valence-electron chi connectivity index (χ1n) is 3.91. The van der Waals surface area contributed by atoms with Crippen LogP contribution >= 0.6 is 27.5 Å². The second kappa shape index (κ2) is 4.19. The van der Waals surface area contributed by atoms with Crippen molar-refractivity contribution in [1.82, 2.24) is 0 Å². The highest BCUT2D eigenvalue weighted by Gasteiger charge is 2.18. The average Bonchev–Trinajstić information content (AvgIpc) is 2.13. The molecule has 0 saturated heterocycles. The van der Waals surface area contributed by atoms with Gasteiger partial charge in [-0.1, -0.05) is 17.7 Å². The molecule has 0 heterocycles. The van der Waals surface area contributed by atoms with Crippen LogP contribution in [0.3, 0.4) is 0 Å². The van der Waals surface area contributed by atoms with E-state index in [4.69, 9.17) is 17.3 Å². The molecule has 1 amide bonds. The summed E-state index contributed by atoms with van der Waals surface area (Å²) in [5.41, 5.74) is 5.56. The summed E-state index contributed by atoms with van der Waals surface area (Å²) >= 11 is 8.94. The number of benzene rings is 1. The maximum absolute atomic E-state index is 10.9. The minimum Gasteiger partial charge on any atom is -0.506 e. The lowest BCUT2D eigenvalue weighted by Crippen LogP contribution is -2.18. The van der Waals surface area contributed by atoms with Crippen LogP contribution in [-0.2, 0) is 4.79 Å². The Labute approximate surface area is 95.0 Å². The Kier molecular flexibility index (Phi) is 3.39. The molecular formula is C9H9BrClNO2. The number of phenols is 1. The van der Waals surface area contributed by atoms with E-state index >= 15 is 0 Å². The molecule has 5 heteroatoms. The standard InChI is InChI=1S/C9H9BrClNO2/c1-4(9(12)14)5-2-3-6(10)7(11)8(5)13/h2-4,13H,1H3,(H2,12,14). The molecule has 1 aromatic carbocycles. The van der Waals surface area contributed by atoms with E-state index in [0.717, 1.165) is 0 Å². The smallest absolute Gasteiger partial charge is 0.224 e. The quantitative estimate of drug-likeness (QED) is 0.872. The summed E-state index contributed by atoms with van der Waals surface area (Å²) < 4.78 is 0.581. The zero-order valence-electron chi connectivity index (χ0n) is 7.42. The van der Waals surface area contributed by atoms with Gasteiger partial charge in [0.15, 0.2) is 0 Å². The first-order valence-corrected chi connectivity index (χ1v) is 5.08. The molecule has 0 aliphatic carbocycles. The number of hydrogen-bond acceptors (Lipinski definition) is 2. The zero-order valence-corrected chi connectivity index (χ0v) is 9.76. The van der Waals surface area contributed by atoms with Crippen molar-refractivity contribution >= 4 is 33.4 Å². The summed E-state index contributed by atoms with van der Waals surface area (Å²) in [5, 5.41) is 9.82. The monoisotopic (exact) mass is 277 g/mol. The van der Waals surface area contributed by atoms with E-state index in [2.05, 4.69) is 15.9 Å². The Balaban J connectivity index is 3.24. The van der Waals surface area contributed by atoms with Gasteiger partial charge in [-0.2, -0.15) is 0 Å². The maximum Gasteiger partial charge on any atom is 0.224 e. The number of carbonyl (C=O) groups is 1. The summed E-state index contributed by atoms with van der Waals surface area (Å²) in [6.07, 6.45) is 0. The predicted octanol–water partition coefficient (Wildman–Crippen LogP) is 2.40. The van der Waals surface area contributed by atoms with Gasteiger partial charge in [0.25, 0.3) is 0 Å². The first kappa shape index (κ1) is 11.3. The van der Waals surface area contributed by atoms with E-state index in [9.17, 15) is 9.90 Å². The van der Waals surface area contributed by atoms with Gasteiger partial charge in [0, 0.05) is 10.0 Å². The minimum absolute atomic E-state index is 0.104. The molecule has 1 rings (SSSR count). The number of aromatic hydroxyl groups is 1. The molecule has 0 fully saturated rings. The normalized spacial score (nSPS) is 12.5. The van der Waals surface area contributed by atoms with Crippen molar-refractivity contribution in [1.29, 1.82) is 0 Å². The molecule has 0 radical (unpaired) electrons. The molecule has 1 atom stereocenters. The third-order valence-corrected chi connectivity index (χ3v) is 3.27. The summed E-state index contributed by atoms with van der Waals surface area (Å²) in [4.78, 5) is 10.9. The van der Waals surface area contributed by atoms with Gasteiger partial charge in [0.05, 0.1) is 10.9 Å². The Hall–Kier alpha value is -0.740. The minimum atomic E-state index is -0.555. The SMILES string of the molecule is CC(C(N)=O)c1ccc(Br)c(Cl)c1O.